The second-order valence-electron chi connectivity index (χ2n) is 4.57. The molecule has 0 amide bonds. The summed E-state index contributed by atoms with van der Waals surface area (Å²) >= 11 is 0. The lowest BCUT2D eigenvalue weighted by atomic mass is 10.3. The summed E-state index contributed by atoms with van der Waals surface area (Å²) in [6, 6.07) is 8.11. The van der Waals surface area contributed by atoms with Crippen molar-refractivity contribution in [2.45, 2.75) is 6.10 Å². The summed E-state index contributed by atoms with van der Waals surface area (Å²) in [4.78, 5) is 10.2. The van der Waals surface area contributed by atoms with E-state index in [9.17, 15) is 0 Å². The van der Waals surface area contributed by atoms with E-state index in [1.807, 2.05) is 25.2 Å². The Bertz CT molecular complexity index is 489. The second kappa shape index (κ2) is 4.96. The van der Waals surface area contributed by atoms with Crippen molar-refractivity contribution in [3.05, 3.63) is 24.3 Å². The molecule has 2 heterocycles. The van der Waals surface area contributed by atoms with Crippen molar-refractivity contribution in [3.8, 4) is 0 Å². The van der Waals surface area contributed by atoms with E-state index in [2.05, 4.69) is 26.3 Å². The Morgan fingerprint density at radius 1 is 1.50 bits per heavy atom. The number of para-hydroxylation sites is 2. The van der Waals surface area contributed by atoms with Crippen LogP contribution < -0.4 is 10.2 Å². The van der Waals surface area contributed by atoms with E-state index in [4.69, 9.17) is 4.74 Å². The number of aromatic amines is 1. The monoisotopic (exact) mass is 246 g/mol. The minimum absolute atomic E-state index is 0.233. The predicted octanol–water partition coefficient (Wildman–Crippen LogP) is 0.987. The van der Waals surface area contributed by atoms with E-state index in [0.717, 1.165) is 43.2 Å². The molecule has 18 heavy (non-hydrogen) atoms. The van der Waals surface area contributed by atoms with E-state index in [1.165, 1.54) is 0 Å². The molecule has 2 N–H and O–H groups in total. The van der Waals surface area contributed by atoms with Crippen LogP contribution in [0.2, 0.25) is 0 Å². The largest absolute Gasteiger partial charge is 0.373 e. The van der Waals surface area contributed by atoms with Crippen LogP contribution in [0.4, 0.5) is 5.95 Å². The highest BCUT2D eigenvalue weighted by Gasteiger charge is 2.21. The first-order valence-corrected chi connectivity index (χ1v) is 6.33. The fraction of sp³-hybridized carbons (Fsp3) is 0.462. The van der Waals surface area contributed by atoms with Crippen LogP contribution in [0.1, 0.15) is 0 Å². The molecule has 5 heteroatoms. The van der Waals surface area contributed by atoms with Crippen LogP contribution in [-0.2, 0) is 4.74 Å². The maximum Gasteiger partial charge on any atom is 0.204 e. The number of rotatable bonds is 3. The second-order valence-corrected chi connectivity index (χ2v) is 4.57. The number of morpholine rings is 1. The zero-order chi connectivity index (χ0) is 12.4. The molecule has 1 aliphatic heterocycles. The topological polar surface area (TPSA) is 53.2 Å². The summed E-state index contributed by atoms with van der Waals surface area (Å²) in [5.41, 5.74) is 2.10. The van der Waals surface area contributed by atoms with Crippen LogP contribution in [-0.4, -0.2) is 49.4 Å². The van der Waals surface area contributed by atoms with E-state index in [1.54, 1.807) is 0 Å². The number of hydrogen-bond donors (Lipinski definition) is 2. The van der Waals surface area contributed by atoms with Gasteiger partial charge in [0, 0.05) is 19.6 Å². The number of nitrogens with one attached hydrogen (secondary N) is 2. The van der Waals surface area contributed by atoms with Crippen LogP contribution in [0.15, 0.2) is 24.3 Å². The van der Waals surface area contributed by atoms with Crippen LogP contribution in [0.3, 0.4) is 0 Å². The Balaban J connectivity index is 1.80. The lowest BCUT2D eigenvalue weighted by Gasteiger charge is -2.32. The molecule has 1 atom stereocenters. The highest BCUT2D eigenvalue weighted by molar-refractivity contribution is 5.77. The molecular formula is C13H18N4O. The Hall–Kier alpha value is -1.59. The van der Waals surface area contributed by atoms with Crippen molar-refractivity contribution >= 4 is 17.0 Å². The number of nitrogens with zero attached hydrogens (tertiary/aromatic N) is 2. The number of aromatic nitrogens is 2. The van der Waals surface area contributed by atoms with Crippen LogP contribution in [0, 0.1) is 0 Å². The standard InChI is InChI=1S/C13H18N4O/c1-14-8-10-9-17(6-7-18-10)13-15-11-4-2-3-5-12(11)16-13/h2-5,10,14H,6-9H2,1H3,(H,15,16). The molecule has 1 aromatic heterocycles. The van der Waals surface area contributed by atoms with E-state index in [-0.39, 0.29) is 6.10 Å². The maximum atomic E-state index is 5.70. The number of H-pyrrole nitrogens is 1. The third-order valence-electron chi connectivity index (χ3n) is 3.25. The number of imidazole rings is 1. The minimum atomic E-state index is 0.233. The summed E-state index contributed by atoms with van der Waals surface area (Å²) in [6.45, 7) is 3.39. The van der Waals surface area contributed by atoms with Crippen LogP contribution >= 0.6 is 0 Å². The molecule has 5 nitrogen and oxygen atoms in total. The fourth-order valence-corrected chi connectivity index (χ4v) is 2.35. The average molecular weight is 246 g/mol. The molecule has 3 rings (SSSR count). The molecule has 0 spiro atoms. The van der Waals surface area contributed by atoms with Crippen LogP contribution in [0.25, 0.3) is 11.0 Å². The smallest absolute Gasteiger partial charge is 0.204 e. The van der Waals surface area contributed by atoms with Gasteiger partial charge < -0.3 is 19.9 Å². The van der Waals surface area contributed by atoms with Crippen molar-refractivity contribution in [2.24, 2.45) is 0 Å². The summed E-state index contributed by atoms with van der Waals surface area (Å²) in [6.07, 6.45) is 0.233. The molecule has 1 fully saturated rings. The first-order chi connectivity index (χ1) is 8.86. The van der Waals surface area contributed by atoms with Gasteiger partial charge in [-0.3, -0.25) is 0 Å². The highest BCUT2D eigenvalue weighted by atomic mass is 16.5. The zero-order valence-electron chi connectivity index (χ0n) is 10.5. The quantitative estimate of drug-likeness (QED) is 0.848. The fourth-order valence-electron chi connectivity index (χ4n) is 2.35. The molecule has 0 bridgehead atoms. The molecule has 2 aromatic rings. The first kappa shape index (κ1) is 11.5. The Morgan fingerprint density at radius 3 is 3.22 bits per heavy atom. The van der Waals surface area contributed by atoms with Gasteiger partial charge >= 0.3 is 0 Å². The molecule has 1 unspecified atom stereocenters. The van der Waals surface area contributed by atoms with Gasteiger partial charge in [0.25, 0.3) is 0 Å². The van der Waals surface area contributed by atoms with Crippen molar-refractivity contribution in [1.29, 1.82) is 0 Å². The van der Waals surface area contributed by atoms with Gasteiger partial charge in [-0.1, -0.05) is 12.1 Å². The molecular weight excluding hydrogens is 228 g/mol. The number of likely N-dealkylation sites (N-methyl/N-ethyl adjacent to an activating group) is 1. The Morgan fingerprint density at radius 2 is 2.39 bits per heavy atom. The Labute approximate surface area is 106 Å². The van der Waals surface area contributed by atoms with Crippen molar-refractivity contribution in [1.82, 2.24) is 15.3 Å². The molecule has 0 saturated carbocycles. The van der Waals surface area contributed by atoms with E-state index in [0.29, 0.717) is 0 Å². The molecule has 96 valence electrons. The molecule has 0 aliphatic carbocycles. The zero-order valence-corrected chi connectivity index (χ0v) is 10.5. The molecule has 1 aliphatic rings. The number of benzene rings is 1. The third kappa shape index (κ3) is 2.19. The minimum Gasteiger partial charge on any atom is -0.373 e. The van der Waals surface area contributed by atoms with E-state index >= 15 is 0 Å². The van der Waals surface area contributed by atoms with Gasteiger partial charge in [0.2, 0.25) is 5.95 Å². The summed E-state index contributed by atoms with van der Waals surface area (Å²) in [7, 11) is 1.95. The average Bonchev–Trinajstić information content (AvgIpc) is 2.83. The molecule has 1 saturated heterocycles. The Kier molecular flexibility index (Phi) is 3.17. The number of anilines is 1. The number of ether oxygens (including phenoxy) is 1. The van der Waals surface area contributed by atoms with Gasteiger partial charge in [-0.2, -0.15) is 0 Å². The van der Waals surface area contributed by atoms with Crippen molar-refractivity contribution in [2.75, 3.05) is 38.2 Å². The SMILES string of the molecule is CNCC1CN(c2nc3ccccc3[nH]2)CCO1. The van der Waals surface area contributed by atoms with Gasteiger partial charge in [-0.15, -0.1) is 0 Å². The summed E-state index contributed by atoms with van der Waals surface area (Å²) < 4.78 is 5.70. The number of hydrogen-bond acceptors (Lipinski definition) is 4. The lowest BCUT2D eigenvalue weighted by Crippen LogP contribution is -2.46. The van der Waals surface area contributed by atoms with Crippen LogP contribution in [0.5, 0.6) is 0 Å². The number of fused-ring (bicyclic) bond motifs is 1. The van der Waals surface area contributed by atoms with Gasteiger partial charge in [-0.05, 0) is 19.2 Å². The first-order valence-electron chi connectivity index (χ1n) is 6.33. The van der Waals surface area contributed by atoms with Crippen molar-refractivity contribution in [3.63, 3.8) is 0 Å². The summed E-state index contributed by atoms with van der Waals surface area (Å²) in [5, 5.41) is 3.15. The maximum absolute atomic E-state index is 5.70. The molecule has 1 aromatic carbocycles. The van der Waals surface area contributed by atoms with Gasteiger partial charge in [-0.25, -0.2) is 4.98 Å². The van der Waals surface area contributed by atoms with Gasteiger partial charge in [0.15, 0.2) is 0 Å². The lowest BCUT2D eigenvalue weighted by molar-refractivity contribution is 0.0417. The molecule has 0 radical (unpaired) electrons. The highest BCUT2D eigenvalue weighted by Crippen LogP contribution is 2.18. The normalized spacial score (nSPS) is 20.5. The van der Waals surface area contributed by atoms with Gasteiger partial charge in [0.05, 0.1) is 23.7 Å². The third-order valence-corrected chi connectivity index (χ3v) is 3.25. The van der Waals surface area contributed by atoms with Crippen molar-refractivity contribution < 1.29 is 4.74 Å². The van der Waals surface area contributed by atoms with E-state index < -0.39 is 0 Å². The summed E-state index contributed by atoms with van der Waals surface area (Å²) in [5.74, 6) is 0.945. The predicted molar refractivity (Wildman–Crippen MR) is 72.0 cm³/mol. The van der Waals surface area contributed by atoms with Gasteiger partial charge in [0.1, 0.15) is 0 Å².